The van der Waals surface area contributed by atoms with E-state index in [1.807, 2.05) is 6.92 Å². The van der Waals surface area contributed by atoms with E-state index in [1.54, 1.807) is 0 Å². The van der Waals surface area contributed by atoms with Gasteiger partial charge < -0.3 is 0 Å². The summed E-state index contributed by atoms with van der Waals surface area (Å²) < 4.78 is 0. The molecule has 0 unspecified atom stereocenters. The van der Waals surface area contributed by atoms with Crippen LogP contribution in [0.4, 0.5) is 0 Å². The lowest BCUT2D eigenvalue weighted by atomic mass is 10.1. The van der Waals surface area contributed by atoms with Crippen molar-refractivity contribution in [1.82, 2.24) is 0 Å². The first-order valence-electron chi connectivity index (χ1n) is 6.70. The van der Waals surface area contributed by atoms with Crippen LogP contribution in [0, 0.1) is 11.8 Å². The fraction of sp³-hybridized carbons (Fsp3) is 0.688. The van der Waals surface area contributed by atoms with Crippen molar-refractivity contribution in [2.75, 3.05) is 0 Å². The van der Waals surface area contributed by atoms with Gasteiger partial charge in [0.25, 0.3) is 0 Å². The van der Waals surface area contributed by atoms with E-state index < -0.39 is 0 Å². The van der Waals surface area contributed by atoms with Crippen LogP contribution in [-0.2, 0) is 0 Å². The van der Waals surface area contributed by atoms with E-state index in [-0.39, 0.29) is 0 Å². The minimum absolute atomic E-state index is 1.02. The third-order valence-electron chi connectivity index (χ3n) is 2.51. The van der Waals surface area contributed by atoms with Crippen LogP contribution in [0.15, 0.2) is 17.9 Å². The normalized spacial score (nSPS) is 8.88. The molecule has 0 aromatic heterocycles. The summed E-state index contributed by atoms with van der Waals surface area (Å²) in [5, 5.41) is 0. The van der Waals surface area contributed by atoms with Gasteiger partial charge >= 0.3 is 0 Å². The van der Waals surface area contributed by atoms with Gasteiger partial charge in [0.15, 0.2) is 0 Å². The largest absolute Gasteiger partial charge is 0.130 e. The van der Waals surface area contributed by atoms with Gasteiger partial charge in [-0.3, -0.25) is 0 Å². The molecule has 0 radical (unpaired) electrons. The quantitative estimate of drug-likeness (QED) is 0.281. The van der Waals surface area contributed by atoms with Gasteiger partial charge in [-0.15, -0.1) is 17.6 Å². The molecule has 0 aliphatic heterocycles. The van der Waals surface area contributed by atoms with Crippen LogP contribution in [-0.4, -0.2) is 0 Å². The molecule has 0 heteroatoms. The molecule has 16 heavy (non-hydrogen) atoms. The minimum Gasteiger partial charge on any atom is -0.130 e. The van der Waals surface area contributed by atoms with Crippen molar-refractivity contribution >= 4 is 0 Å². The van der Waals surface area contributed by atoms with E-state index >= 15 is 0 Å². The molecule has 0 aliphatic carbocycles. The molecule has 0 amide bonds. The van der Waals surface area contributed by atoms with E-state index in [0.717, 1.165) is 19.3 Å². The summed E-state index contributed by atoms with van der Waals surface area (Å²) in [5.41, 5.74) is 3.26. The van der Waals surface area contributed by atoms with Crippen LogP contribution in [0.1, 0.15) is 71.6 Å². The van der Waals surface area contributed by atoms with Crippen LogP contribution in [0.2, 0.25) is 0 Å². The van der Waals surface area contributed by atoms with Crippen LogP contribution in [0.25, 0.3) is 0 Å². The van der Waals surface area contributed by atoms with Gasteiger partial charge in [-0.1, -0.05) is 32.6 Å². The van der Waals surface area contributed by atoms with Gasteiger partial charge in [-0.25, -0.2) is 0 Å². The first-order chi connectivity index (χ1) is 7.91. The van der Waals surface area contributed by atoms with E-state index in [1.165, 1.54) is 38.5 Å². The highest BCUT2D eigenvalue weighted by Gasteiger charge is 1.85. The van der Waals surface area contributed by atoms with Gasteiger partial charge in [0, 0.05) is 6.42 Å². The van der Waals surface area contributed by atoms with E-state index in [0.29, 0.717) is 0 Å². The Morgan fingerprint density at radius 1 is 0.875 bits per heavy atom. The molecule has 0 aliphatic rings. The van der Waals surface area contributed by atoms with Crippen molar-refractivity contribution in [1.29, 1.82) is 0 Å². The zero-order chi connectivity index (χ0) is 11.9. The molecule has 0 spiro atoms. The second-order valence-electron chi connectivity index (χ2n) is 4.10. The summed E-state index contributed by atoms with van der Waals surface area (Å²) in [7, 11) is 0. The van der Waals surface area contributed by atoms with Crippen LogP contribution >= 0.6 is 0 Å². The molecule has 0 heterocycles. The molecule has 0 nitrogen and oxygen atoms in total. The highest BCUT2D eigenvalue weighted by Crippen LogP contribution is 2.05. The highest BCUT2D eigenvalue weighted by atomic mass is 13.9. The Balaban J connectivity index is 3.24. The van der Waals surface area contributed by atoms with Crippen molar-refractivity contribution in [2.24, 2.45) is 0 Å². The monoisotopic (exact) mass is 218 g/mol. The molecule has 0 fully saturated rings. The predicted octanol–water partition coefficient (Wildman–Crippen LogP) is 5.25. The molecule has 0 aromatic rings. The lowest BCUT2D eigenvalue weighted by Gasteiger charge is -1.94. The maximum absolute atomic E-state index is 3.26. The smallest absolute Gasteiger partial charge is 0.00917 e. The first-order valence-corrected chi connectivity index (χ1v) is 6.70. The van der Waals surface area contributed by atoms with Crippen molar-refractivity contribution in [3.8, 4) is 11.8 Å². The van der Waals surface area contributed by atoms with Crippen LogP contribution in [0.3, 0.4) is 0 Å². The summed E-state index contributed by atoms with van der Waals surface area (Å²) >= 11 is 0. The Labute approximate surface area is 102 Å². The average molecular weight is 218 g/mol. The number of hydrogen-bond acceptors (Lipinski definition) is 0. The molecule has 0 saturated carbocycles. The van der Waals surface area contributed by atoms with E-state index in [2.05, 4.69) is 36.6 Å². The van der Waals surface area contributed by atoms with Gasteiger partial charge in [0.05, 0.1) is 0 Å². The maximum Gasteiger partial charge on any atom is 0.00917 e. The van der Waals surface area contributed by atoms with Crippen molar-refractivity contribution in [3.05, 3.63) is 17.9 Å². The van der Waals surface area contributed by atoms with Gasteiger partial charge in [-0.2, -0.15) is 0 Å². The molecule has 0 N–H and O–H groups in total. The summed E-state index contributed by atoms with van der Waals surface area (Å²) in [4.78, 5) is 0. The van der Waals surface area contributed by atoms with E-state index in [4.69, 9.17) is 0 Å². The zero-order valence-corrected chi connectivity index (χ0v) is 11.0. The number of allylic oxidation sites excluding steroid dienone is 1. The Bertz CT molecular complexity index is 243. The molecule has 90 valence electrons. The SMILES string of the molecule is CC#CCCCC=C=CCCCCCCC. The fourth-order valence-corrected chi connectivity index (χ4v) is 1.52. The molecule has 0 atom stereocenters. The molecule has 0 rings (SSSR count). The number of rotatable bonds is 9. The standard InChI is InChI=1S/C16H26/c1-3-5-7-9-11-13-15-16-14-12-10-8-6-4-2/h14-15H,3,5,7-13H2,1-2H3. The van der Waals surface area contributed by atoms with Gasteiger partial charge in [-0.05, 0) is 44.8 Å². The van der Waals surface area contributed by atoms with Crippen molar-refractivity contribution < 1.29 is 0 Å². The molecular formula is C16H26. The van der Waals surface area contributed by atoms with Crippen molar-refractivity contribution in [3.63, 3.8) is 0 Å². The number of unbranched alkanes of at least 4 members (excludes halogenated alkanes) is 7. The summed E-state index contributed by atoms with van der Waals surface area (Å²) in [6, 6.07) is 0. The fourth-order valence-electron chi connectivity index (χ4n) is 1.52. The van der Waals surface area contributed by atoms with Crippen LogP contribution in [0.5, 0.6) is 0 Å². The summed E-state index contributed by atoms with van der Waals surface area (Å²) in [5.74, 6) is 5.98. The summed E-state index contributed by atoms with van der Waals surface area (Å²) in [6.07, 6.45) is 15.6. The molecule has 0 aromatic carbocycles. The van der Waals surface area contributed by atoms with Crippen molar-refractivity contribution in [2.45, 2.75) is 71.6 Å². The third-order valence-corrected chi connectivity index (χ3v) is 2.51. The maximum atomic E-state index is 3.26. The molecular weight excluding hydrogens is 192 g/mol. The van der Waals surface area contributed by atoms with Crippen LogP contribution < -0.4 is 0 Å². The second kappa shape index (κ2) is 14.1. The topological polar surface area (TPSA) is 0 Å². The Morgan fingerprint density at radius 3 is 2.25 bits per heavy atom. The van der Waals surface area contributed by atoms with Gasteiger partial charge in [0.2, 0.25) is 0 Å². The Hall–Kier alpha value is -0.920. The summed E-state index contributed by atoms with van der Waals surface area (Å²) in [6.45, 7) is 4.15. The lowest BCUT2D eigenvalue weighted by molar-refractivity contribution is 0.637. The number of hydrogen-bond donors (Lipinski definition) is 0. The zero-order valence-electron chi connectivity index (χ0n) is 11.0. The molecule has 0 saturated heterocycles. The van der Waals surface area contributed by atoms with Gasteiger partial charge in [0.1, 0.15) is 0 Å². The third kappa shape index (κ3) is 13.1. The first kappa shape index (κ1) is 15.1. The Morgan fingerprint density at radius 2 is 1.56 bits per heavy atom. The second-order valence-corrected chi connectivity index (χ2v) is 4.10. The average Bonchev–Trinajstić information content (AvgIpc) is 2.31. The minimum atomic E-state index is 1.02. The molecule has 0 bridgehead atoms. The highest BCUT2D eigenvalue weighted by molar-refractivity contribution is 4.95. The van der Waals surface area contributed by atoms with E-state index in [9.17, 15) is 0 Å². The Kier molecular flexibility index (Phi) is 13.3. The lowest BCUT2D eigenvalue weighted by Crippen LogP contribution is -1.75. The predicted molar refractivity (Wildman–Crippen MR) is 73.3 cm³/mol.